The van der Waals surface area contributed by atoms with Gasteiger partial charge < -0.3 is 15.5 Å². The molecule has 0 unspecified atom stereocenters. The SMILES string of the molecule is C=C1[C@@H](CCCl)C(=O)N[C@]1(C(=O)O)[C@@H](O)C1CCCCC1. The number of rotatable bonds is 5. The van der Waals surface area contributed by atoms with Crippen LogP contribution in [-0.2, 0) is 9.59 Å². The Balaban J connectivity index is 2.30. The van der Waals surface area contributed by atoms with Gasteiger partial charge in [-0.15, -0.1) is 11.6 Å². The highest BCUT2D eigenvalue weighted by molar-refractivity contribution is 6.18. The summed E-state index contributed by atoms with van der Waals surface area (Å²) in [6.07, 6.45) is 3.79. The first-order chi connectivity index (χ1) is 9.95. The second kappa shape index (κ2) is 6.36. The van der Waals surface area contributed by atoms with Crippen molar-refractivity contribution < 1.29 is 19.8 Å². The Hall–Kier alpha value is -1.07. The van der Waals surface area contributed by atoms with Crippen LogP contribution in [0.15, 0.2) is 12.2 Å². The Morgan fingerprint density at radius 3 is 2.57 bits per heavy atom. The number of alkyl halides is 1. The third-order valence-electron chi connectivity index (χ3n) is 4.84. The molecule has 1 aliphatic carbocycles. The second-order valence-corrected chi connectivity index (χ2v) is 6.38. The Kier molecular flexibility index (Phi) is 4.94. The third-order valence-corrected chi connectivity index (χ3v) is 5.06. The van der Waals surface area contributed by atoms with Gasteiger partial charge in [-0.3, -0.25) is 4.79 Å². The Morgan fingerprint density at radius 1 is 1.43 bits per heavy atom. The Labute approximate surface area is 129 Å². The van der Waals surface area contributed by atoms with E-state index in [1.54, 1.807) is 0 Å². The minimum atomic E-state index is -1.77. The number of hydrogen-bond donors (Lipinski definition) is 3. The largest absolute Gasteiger partial charge is 0.479 e. The van der Waals surface area contributed by atoms with E-state index in [0.717, 1.165) is 32.1 Å². The minimum absolute atomic E-state index is 0.123. The first-order valence-corrected chi connectivity index (χ1v) is 7.97. The van der Waals surface area contributed by atoms with Crippen molar-refractivity contribution in [3.63, 3.8) is 0 Å². The van der Waals surface area contributed by atoms with Gasteiger partial charge in [0.15, 0.2) is 5.54 Å². The monoisotopic (exact) mass is 315 g/mol. The maximum atomic E-state index is 12.1. The zero-order valence-corrected chi connectivity index (χ0v) is 12.7. The number of carboxylic acids is 1. The fourth-order valence-corrected chi connectivity index (χ4v) is 3.81. The van der Waals surface area contributed by atoms with Gasteiger partial charge in [0, 0.05) is 5.88 Å². The molecule has 0 aromatic heterocycles. The standard InChI is InChI=1S/C15H22ClNO4/c1-9-11(7-8-16)13(19)17-15(9,14(20)21)12(18)10-5-3-2-4-6-10/h10-12,18H,1-8H2,(H,17,19)(H,20,21)/t11-,12+,15+/m1/s1. The normalized spacial score (nSPS) is 32.0. The summed E-state index contributed by atoms with van der Waals surface area (Å²) in [5, 5.41) is 22.9. The summed E-state index contributed by atoms with van der Waals surface area (Å²) in [6, 6.07) is 0. The Morgan fingerprint density at radius 2 is 2.05 bits per heavy atom. The fraction of sp³-hybridized carbons (Fsp3) is 0.733. The van der Waals surface area contributed by atoms with E-state index >= 15 is 0 Å². The highest BCUT2D eigenvalue weighted by atomic mass is 35.5. The number of hydrogen-bond acceptors (Lipinski definition) is 3. The van der Waals surface area contributed by atoms with Crippen molar-refractivity contribution in [2.75, 3.05) is 5.88 Å². The summed E-state index contributed by atoms with van der Waals surface area (Å²) in [5.74, 6) is -2.17. The molecule has 0 spiro atoms. The van der Waals surface area contributed by atoms with Crippen LogP contribution in [0.4, 0.5) is 0 Å². The highest BCUT2D eigenvalue weighted by Crippen LogP contribution is 2.41. The van der Waals surface area contributed by atoms with Gasteiger partial charge in [0.05, 0.1) is 12.0 Å². The lowest BCUT2D eigenvalue weighted by Gasteiger charge is -2.37. The van der Waals surface area contributed by atoms with Crippen molar-refractivity contribution in [2.24, 2.45) is 11.8 Å². The van der Waals surface area contributed by atoms with Crippen molar-refractivity contribution in [1.29, 1.82) is 0 Å². The number of aliphatic hydroxyl groups is 1. The molecule has 2 aliphatic rings. The molecule has 1 aliphatic heterocycles. The van der Waals surface area contributed by atoms with E-state index in [2.05, 4.69) is 11.9 Å². The van der Waals surface area contributed by atoms with Crippen LogP contribution in [0.25, 0.3) is 0 Å². The summed E-state index contributed by atoms with van der Waals surface area (Å²) in [6.45, 7) is 3.81. The summed E-state index contributed by atoms with van der Waals surface area (Å²) in [5.41, 5.74) is -1.53. The van der Waals surface area contributed by atoms with Gasteiger partial charge in [0.1, 0.15) is 0 Å². The van der Waals surface area contributed by atoms with Crippen molar-refractivity contribution >= 4 is 23.5 Å². The molecule has 5 nitrogen and oxygen atoms in total. The van der Waals surface area contributed by atoms with Crippen molar-refractivity contribution in [3.05, 3.63) is 12.2 Å². The summed E-state index contributed by atoms with van der Waals surface area (Å²) < 4.78 is 0. The number of aliphatic hydroxyl groups excluding tert-OH is 1. The van der Waals surface area contributed by atoms with E-state index in [9.17, 15) is 19.8 Å². The molecule has 21 heavy (non-hydrogen) atoms. The van der Waals surface area contributed by atoms with Crippen LogP contribution >= 0.6 is 11.6 Å². The van der Waals surface area contributed by atoms with Gasteiger partial charge in [0.25, 0.3) is 0 Å². The summed E-state index contributed by atoms with van der Waals surface area (Å²) in [7, 11) is 0. The number of amides is 1. The first-order valence-electron chi connectivity index (χ1n) is 7.43. The molecule has 3 atom stereocenters. The van der Waals surface area contributed by atoms with Crippen LogP contribution in [0.2, 0.25) is 0 Å². The van der Waals surface area contributed by atoms with Gasteiger partial charge in [-0.05, 0) is 30.8 Å². The molecule has 1 saturated heterocycles. The molecule has 0 aromatic carbocycles. The number of carbonyl (C=O) groups excluding carboxylic acids is 1. The molecule has 2 fully saturated rings. The molecular weight excluding hydrogens is 294 g/mol. The van der Waals surface area contributed by atoms with Crippen LogP contribution in [0.3, 0.4) is 0 Å². The van der Waals surface area contributed by atoms with E-state index in [0.29, 0.717) is 6.42 Å². The van der Waals surface area contributed by atoms with Crippen molar-refractivity contribution in [3.8, 4) is 0 Å². The number of carbonyl (C=O) groups is 2. The predicted octanol–water partition coefficient (Wildman–Crippen LogP) is 1.68. The van der Waals surface area contributed by atoms with Gasteiger partial charge in [0.2, 0.25) is 5.91 Å². The highest BCUT2D eigenvalue weighted by Gasteiger charge is 2.58. The summed E-state index contributed by atoms with van der Waals surface area (Å²) >= 11 is 5.68. The Bertz CT molecular complexity index is 447. The van der Waals surface area contributed by atoms with Gasteiger partial charge in [-0.1, -0.05) is 25.8 Å². The van der Waals surface area contributed by atoms with E-state index in [-0.39, 0.29) is 17.4 Å². The van der Waals surface area contributed by atoms with Gasteiger partial charge in [-0.25, -0.2) is 4.79 Å². The molecule has 6 heteroatoms. The maximum absolute atomic E-state index is 12.1. The number of halogens is 1. The van der Waals surface area contributed by atoms with Crippen LogP contribution in [0.5, 0.6) is 0 Å². The molecular formula is C15H22ClNO4. The van der Waals surface area contributed by atoms with E-state index in [1.807, 2.05) is 0 Å². The number of aliphatic carboxylic acids is 1. The molecule has 1 heterocycles. The van der Waals surface area contributed by atoms with E-state index in [4.69, 9.17) is 11.6 Å². The van der Waals surface area contributed by atoms with E-state index < -0.39 is 29.4 Å². The quantitative estimate of drug-likeness (QED) is 0.532. The predicted molar refractivity (Wildman–Crippen MR) is 79.1 cm³/mol. The minimum Gasteiger partial charge on any atom is -0.479 e. The average Bonchev–Trinajstić information content (AvgIpc) is 2.73. The molecule has 0 radical (unpaired) electrons. The van der Waals surface area contributed by atoms with Crippen LogP contribution < -0.4 is 5.32 Å². The van der Waals surface area contributed by atoms with Gasteiger partial charge >= 0.3 is 5.97 Å². The van der Waals surface area contributed by atoms with Crippen LogP contribution in [0.1, 0.15) is 38.5 Å². The fourth-order valence-electron chi connectivity index (χ4n) is 3.59. The van der Waals surface area contributed by atoms with E-state index in [1.165, 1.54) is 0 Å². The van der Waals surface area contributed by atoms with Crippen LogP contribution in [-0.4, -0.2) is 39.6 Å². The molecule has 2 rings (SSSR count). The zero-order chi connectivity index (χ0) is 15.6. The summed E-state index contributed by atoms with van der Waals surface area (Å²) in [4.78, 5) is 23.9. The average molecular weight is 316 g/mol. The zero-order valence-electron chi connectivity index (χ0n) is 12.0. The maximum Gasteiger partial charge on any atom is 0.336 e. The lowest BCUT2D eigenvalue weighted by Crippen LogP contribution is -2.61. The molecule has 1 saturated carbocycles. The second-order valence-electron chi connectivity index (χ2n) is 6.00. The van der Waals surface area contributed by atoms with Crippen molar-refractivity contribution in [1.82, 2.24) is 5.32 Å². The molecule has 0 aromatic rings. The molecule has 1 amide bonds. The third kappa shape index (κ3) is 2.69. The number of carboxylic acid groups (broad SMARTS) is 1. The molecule has 0 bridgehead atoms. The lowest BCUT2D eigenvalue weighted by atomic mass is 9.73. The first kappa shape index (κ1) is 16.3. The lowest BCUT2D eigenvalue weighted by molar-refractivity contribution is -0.150. The van der Waals surface area contributed by atoms with Crippen LogP contribution in [0, 0.1) is 11.8 Å². The number of nitrogens with one attached hydrogen (secondary N) is 1. The van der Waals surface area contributed by atoms with Crippen molar-refractivity contribution in [2.45, 2.75) is 50.2 Å². The topological polar surface area (TPSA) is 86.6 Å². The van der Waals surface area contributed by atoms with Gasteiger partial charge in [-0.2, -0.15) is 0 Å². The smallest absolute Gasteiger partial charge is 0.336 e. The molecule has 3 N–H and O–H groups in total. The molecule has 118 valence electrons.